The van der Waals surface area contributed by atoms with E-state index in [0.29, 0.717) is 51.2 Å². The van der Waals surface area contributed by atoms with Gasteiger partial charge in [-0.3, -0.25) is 19.2 Å². The van der Waals surface area contributed by atoms with Crippen LogP contribution in [0.25, 0.3) is 11.0 Å². The van der Waals surface area contributed by atoms with E-state index in [2.05, 4.69) is 5.32 Å². The van der Waals surface area contributed by atoms with Gasteiger partial charge in [-0.25, -0.2) is 4.79 Å². The Balaban J connectivity index is 1.62. The summed E-state index contributed by atoms with van der Waals surface area (Å²) in [6, 6.07) is 18.6. The summed E-state index contributed by atoms with van der Waals surface area (Å²) in [6.07, 6.45) is 0.567. The number of hydrogen-bond acceptors (Lipinski definition) is 7. The van der Waals surface area contributed by atoms with E-state index in [-0.39, 0.29) is 30.7 Å². The van der Waals surface area contributed by atoms with E-state index >= 15 is 0 Å². The highest BCUT2D eigenvalue weighted by atomic mass is 16.5. The number of nitrogens with one attached hydrogen (secondary N) is 1. The van der Waals surface area contributed by atoms with Crippen LogP contribution in [0.2, 0.25) is 0 Å². The zero-order valence-corrected chi connectivity index (χ0v) is 25.0. The summed E-state index contributed by atoms with van der Waals surface area (Å²) in [6.45, 7) is 4.93. The molecule has 0 spiro atoms. The molecule has 3 amide bonds. The van der Waals surface area contributed by atoms with Gasteiger partial charge < -0.3 is 24.3 Å². The highest BCUT2D eigenvalue weighted by Crippen LogP contribution is 2.36. The fraction of sp³-hybridized carbons (Fsp3) is 0.265. The molecule has 10 nitrogen and oxygen atoms in total. The highest BCUT2D eigenvalue weighted by molar-refractivity contribution is 6.13. The maximum atomic E-state index is 14.3. The molecule has 4 aromatic rings. The van der Waals surface area contributed by atoms with E-state index < -0.39 is 23.5 Å². The lowest BCUT2D eigenvalue weighted by Gasteiger charge is -2.26. The molecular weight excluding hydrogens is 562 g/mol. The number of carbonyl (C=O) groups excluding carboxylic acids is 4. The van der Waals surface area contributed by atoms with Crippen molar-refractivity contribution >= 4 is 45.8 Å². The molecule has 3 aromatic carbocycles. The topological polar surface area (TPSA) is 126 Å². The van der Waals surface area contributed by atoms with Gasteiger partial charge in [-0.1, -0.05) is 38.1 Å². The standard InChI is InChI=1S/C34H33N3O7/c1-5-20(2)32(40)35-27-19-37(33(41)23-12-10-22(11-13-23)21(3)38)29-9-7-6-8-28(29)36(34(27)42)18-24-16-31(39)44-30-17-25(43-4)14-15-26(24)30/h6-17,20,27H,5,18-19H2,1-4H3,(H,35,40)/t20-,27+/m1/s1. The van der Waals surface area contributed by atoms with Gasteiger partial charge in [-0.05, 0) is 55.3 Å². The third-order valence-corrected chi connectivity index (χ3v) is 7.92. The molecule has 1 aliphatic rings. The molecule has 1 aromatic heterocycles. The molecule has 0 fully saturated rings. The normalized spacial score (nSPS) is 15.4. The lowest BCUT2D eigenvalue weighted by molar-refractivity contribution is -0.129. The van der Waals surface area contributed by atoms with Crippen molar-refractivity contribution in [3.8, 4) is 5.75 Å². The number of para-hydroxylation sites is 2. The van der Waals surface area contributed by atoms with E-state index in [4.69, 9.17) is 9.15 Å². The molecule has 0 saturated heterocycles. The van der Waals surface area contributed by atoms with Gasteiger partial charge in [0.25, 0.3) is 11.8 Å². The van der Waals surface area contributed by atoms with E-state index in [0.717, 1.165) is 0 Å². The van der Waals surface area contributed by atoms with Gasteiger partial charge in [0.1, 0.15) is 17.4 Å². The molecule has 0 saturated carbocycles. The van der Waals surface area contributed by atoms with E-state index in [1.807, 2.05) is 6.92 Å². The maximum absolute atomic E-state index is 14.3. The molecule has 1 aliphatic heterocycles. The summed E-state index contributed by atoms with van der Waals surface area (Å²) in [4.78, 5) is 68.8. The number of nitrogens with zero attached hydrogens (tertiary/aromatic N) is 2. The van der Waals surface area contributed by atoms with Crippen LogP contribution in [-0.4, -0.2) is 43.2 Å². The van der Waals surface area contributed by atoms with Gasteiger partial charge in [0.05, 0.1) is 31.6 Å². The number of methoxy groups -OCH3 is 1. The average Bonchev–Trinajstić information content (AvgIpc) is 3.14. The summed E-state index contributed by atoms with van der Waals surface area (Å²) in [5.41, 5.74) is 1.90. The lowest BCUT2D eigenvalue weighted by Crippen LogP contribution is -2.53. The van der Waals surface area contributed by atoms with Crippen molar-refractivity contribution in [3.63, 3.8) is 0 Å². The summed E-state index contributed by atoms with van der Waals surface area (Å²) in [5.74, 6) is -1.13. The summed E-state index contributed by atoms with van der Waals surface area (Å²) in [5, 5.41) is 3.48. The molecule has 2 heterocycles. The Morgan fingerprint density at radius 2 is 1.66 bits per heavy atom. The van der Waals surface area contributed by atoms with Crippen LogP contribution in [0, 0.1) is 5.92 Å². The first kappa shape index (κ1) is 30.2. The zero-order valence-electron chi connectivity index (χ0n) is 25.0. The largest absolute Gasteiger partial charge is 0.497 e. The Morgan fingerprint density at radius 3 is 2.32 bits per heavy atom. The van der Waals surface area contributed by atoms with Gasteiger partial charge in [0, 0.05) is 34.6 Å². The number of fused-ring (bicyclic) bond motifs is 2. The second-order valence-corrected chi connectivity index (χ2v) is 10.8. The van der Waals surface area contributed by atoms with Crippen molar-refractivity contribution in [2.24, 2.45) is 5.92 Å². The molecule has 0 bridgehead atoms. The average molecular weight is 596 g/mol. The van der Waals surface area contributed by atoms with Crippen molar-refractivity contribution in [1.29, 1.82) is 0 Å². The zero-order chi connectivity index (χ0) is 31.5. The second-order valence-electron chi connectivity index (χ2n) is 10.8. The van der Waals surface area contributed by atoms with Gasteiger partial charge >= 0.3 is 5.63 Å². The fourth-order valence-corrected chi connectivity index (χ4v) is 5.19. The quantitative estimate of drug-likeness (QED) is 0.231. The monoisotopic (exact) mass is 595 g/mol. The second kappa shape index (κ2) is 12.5. The first-order valence-electron chi connectivity index (χ1n) is 14.4. The molecule has 0 radical (unpaired) electrons. The van der Waals surface area contributed by atoms with Crippen LogP contribution in [0.1, 0.15) is 53.5 Å². The summed E-state index contributed by atoms with van der Waals surface area (Å²) < 4.78 is 10.7. The van der Waals surface area contributed by atoms with Crippen molar-refractivity contribution in [2.45, 2.75) is 39.8 Å². The number of anilines is 2. The molecule has 5 rings (SSSR count). The number of carbonyl (C=O) groups is 4. The van der Waals surface area contributed by atoms with Crippen molar-refractivity contribution in [2.75, 3.05) is 23.5 Å². The Hall–Kier alpha value is -5.25. The van der Waals surface area contributed by atoms with Crippen molar-refractivity contribution in [3.05, 3.63) is 99.9 Å². The number of amides is 3. The predicted molar refractivity (Wildman–Crippen MR) is 166 cm³/mol. The van der Waals surface area contributed by atoms with E-state index in [1.54, 1.807) is 73.7 Å². The smallest absolute Gasteiger partial charge is 0.336 e. The fourth-order valence-electron chi connectivity index (χ4n) is 5.19. The Kier molecular flexibility index (Phi) is 8.61. The molecule has 10 heteroatoms. The predicted octanol–water partition coefficient (Wildman–Crippen LogP) is 4.73. The first-order chi connectivity index (χ1) is 21.1. The maximum Gasteiger partial charge on any atom is 0.336 e. The van der Waals surface area contributed by atoms with Gasteiger partial charge in [0.15, 0.2) is 5.78 Å². The highest BCUT2D eigenvalue weighted by Gasteiger charge is 2.38. The minimum Gasteiger partial charge on any atom is -0.497 e. The van der Waals surface area contributed by atoms with Crippen molar-refractivity contribution < 1.29 is 28.3 Å². The molecule has 226 valence electrons. The number of hydrogen-bond donors (Lipinski definition) is 1. The molecule has 0 aliphatic carbocycles. The van der Waals surface area contributed by atoms with Gasteiger partial charge in [-0.2, -0.15) is 0 Å². The van der Waals surface area contributed by atoms with E-state index in [1.165, 1.54) is 29.9 Å². The Morgan fingerprint density at radius 1 is 0.977 bits per heavy atom. The third kappa shape index (κ3) is 5.96. The van der Waals surface area contributed by atoms with Crippen LogP contribution in [0.4, 0.5) is 11.4 Å². The first-order valence-corrected chi connectivity index (χ1v) is 14.4. The van der Waals surface area contributed by atoms with Crippen LogP contribution >= 0.6 is 0 Å². The lowest BCUT2D eigenvalue weighted by atomic mass is 10.1. The number of ether oxygens (including phenoxy) is 1. The van der Waals surface area contributed by atoms with Crippen LogP contribution in [0.15, 0.2) is 82.0 Å². The number of Topliss-reactive ketones (excluding diaryl/α,β-unsaturated/α-hetero) is 1. The van der Waals surface area contributed by atoms with Crippen molar-refractivity contribution in [1.82, 2.24) is 5.32 Å². The molecule has 0 unspecified atom stereocenters. The van der Waals surface area contributed by atoms with Crippen LogP contribution < -0.4 is 25.5 Å². The number of benzene rings is 3. The van der Waals surface area contributed by atoms with Crippen LogP contribution in [0.5, 0.6) is 5.75 Å². The molecule has 1 N–H and O–H groups in total. The molecular formula is C34H33N3O7. The molecule has 44 heavy (non-hydrogen) atoms. The third-order valence-electron chi connectivity index (χ3n) is 7.92. The minimum atomic E-state index is -1.09. The SMILES string of the molecule is CC[C@@H](C)C(=O)N[C@H]1CN(C(=O)c2ccc(C(C)=O)cc2)c2ccccc2N(Cc2cc(=O)oc3cc(OC)ccc23)C1=O. The van der Waals surface area contributed by atoms with E-state index in [9.17, 15) is 24.0 Å². The van der Waals surface area contributed by atoms with Crippen LogP contribution in [0.3, 0.4) is 0 Å². The Labute approximate surface area is 254 Å². The van der Waals surface area contributed by atoms with Gasteiger partial charge in [-0.15, -0.1) is 0 Å². The summed E-state index contributed by atoms with van der Waals surface area (Å²) in [7, 11) is 1.51. The minimum absolute atomic E-state index is 0.0324. The summed E-state index contributed by atoms with van der Waals surface area (Å²) >= 11 is 0. The Bertz CT molecular complexity index is 1810. The molecule has 2 atom stereocenters. The van der Waals surface area contributed by atoms with Crippen LogP contribution in [-0.2, 0) is 16.1 Å². The number of rotatable bonds is 8. The van der Waals surface area contributed by atoms with Gasteiger partial charge in [0.2, 0.25) is 5.91 Å². The number of ketones is 1.